The van der Waals surface area contributed by atoms with E-state index in [-0.39, 0.29) is 12.4 Å². The number of esters is 1. The quantitative estimate of drug-likeness (QED) is 0.563. The van der Waals surface area contributed by atoms with Crippen LogP contribution < -0.4 is 0 Å². The van der Waals surface area contributed by atoms with Gasteiger partial charge in [0.05, 0.1) is 0 Å². The van der Waals surface area contributed by atoms with Crippen LogP contribution in [0, 0.1) is 0 Å². The Balaban J connectivity index is 2.69. The van der Waals surface area contributed by atoms with Gasteiger partial charge in [-0.2, -0.15) is 0 Å². The van der Waals surface area contributed by atoms with Gasteiger partial charge in [-0.05, 0) is 11.6 Å². The lowest BCUT2D eigenvalue weighted by atomic mass is 10.1. The van der Waals surface area contributed by atoms with Gasteiger partial charge in [-0.1, -0.05) is 18.2 Å². The molecular weight excluding hydrogens is 199 g/mol. The third kappa shape index (κ3) is 3.50. The van der Waals surface area contributed by atoms with Crippen LogP contribution in [-0.2, 0) is 16.2 Å². The van der Waals surface area contributed by atoms with Crippen molar-refractivity contribution < 1.29 is 18.7 Å². The van der Waals surface area contributed by atoms with Crippen LogP contribution >= 0.6 is 0 Å². The maximum absolute atomic E-state index is 12.3. The molecule has 0 N–H and O–H groups in total. The average Bonchev–Trinajstić information content (AvgIpc) is 2.26. The molecule has 4 heteroatoms. The molecule has 1 aromatic carbocycles. The Bertz CT molecular complexity index is 374. The standard InChI is InChI=1S/C11H11FO3/c1-8(13)15-7-11(14)10-4-2-3-9(5-10)6-12/h2-5H,6-7H2,1H3. The van der Waals surface area contributed by atoms with Gasteiger partial charge in [0.25, 0.3) is 0 Å². The lowest BCUT2D eigenvalue weighted by Gasteiger charge is -2.02. The van der Waals surface area contributed by atoms with Crippen LogP contribution in [0.1, 0.15) is 22.8 Å². The number of benzene rings is 1. The van der Waals surface area contributed by atoms with Gasteiger partial charge in [0, 0.05) is 12.5 Å². The van der Waals surface area contributed by atoms with E-state index in [1.165, 1.54) is 13.0 Å². The first-order chi connectivity index (χ1) is 7.13. The number of carbonyl (C=O) groups is 2. The summed E-state index contributed by atoms with van der Waals surface area (Å²) < 4.78 is 16.8. The van der Waals surface area contributed by atoms with E-state index in [1.807, 2.05) is 0 Å². The molecule has 0 spiro atoms. The van der Waals surface area contributed by atoms with E-state index in [1.54, 1.807) is 18.2 Å². The Morgan fingerprint density at radius 1 is 1.40 bits per heavy atom. The number of carbonyl (C=O) groups excluding carboxylic acids is 2. The summed E-state index contributed by atoms with van der Waals surface area (Å²) in [5, 5.41) is 0. The molecule has 0 amide bonds. The molecule has 0 aromatic heterocycles. The van der Waals surface area contributed by atoms with Crippen LogP contribution in [0.15, 0.2) is 24.3 Å². The van der Waals surface area contributed by atoms with E-state index in [4.69, 9.17) is 0 Å². The van der Waals surface area contributed by atoms with Crippen molar-refractivity contribution >= 4 is 11.8 Å². The summed E-state index contributed by atoms with van der Waals surface area (Å²) in [5.74, 6) is -0.842. The van der Waals surface area contributed by atoms with Crippen molar-refractivity contribution in [2.24, 2.45) is 0 Å². The molecule has 0 fully saturated rings. The van der Waals surface area contributed by atoms with E-state index in [2.05, 4.69) is 4.74 Å². The highest BCUT2D eigenvalue weighted by Gasteiger charge is 2.07. The highest BCUT2D eigenvalue weighted by molar-refractivity contribution is 5.97. The van der Waals surface area contributed by atoms with Crippen LogP contribution in [-0.4, -0.2) is 18.4 Å². The molecule has 15 heavy (non-hydrogen) atoms. The fourth-order valence-electron chi connectivity index (χ4n) is 1.08. The molecule has 0 aliphatic heterocycles. The molecule has 0 radical (unpaired) electrons. The number of hydrogen-bond donors (Lipinski definition) is 0. The third-order valence-electron chi connectivity index (χ3n) is 1.81. The molecule has 0 saturated heterocycles. The Morgan fingerprint density at radius 3 is 2.73 bits per heavy atom. The predicted octanol–water partition coefficient (Wildman–Crippen LogP) is 1.90. The van der Waals surface area contributed by atoms with Gasteiger partial charge in [-0.15, -0.1) is 0 Å². The van der Waals surface area contributed by atoms with Gasteiger partial charge < -0.3 is 4.74 Å². The minimum Gasteiger partial charge on any atom is -0.457 e. The van der Waals surface area contributed by atoms with E-state index in [9.17, 15) is 14.0 Å². The van der Waals surface area contributed by atoms with Crippen molar-refractivity contribution in [1.82, 2.24) is 0 Å². The fraction of sp³-hybridized carbons (Fsp3) is 0.273. The average molecular weight is 210 g/mol. The summed E-state index contributed by atoms with van der Waals surface area (Å²) >= 11 is 0. The molecule has 0 unspecified atom stereocenters. The lowest BCUT2D eigenvalue weighted by Crippen LogP contribution is -2.11. The number of rotatable bonds is 4. The minimum absolute atomic E-state index is 0.301. The molecule has 3 nitrogen and oxygen atoms in total. The Labute approximate surface area is 86.9 Å². The summed E-state index contributed by atoms with van der Waals surface area (Å²) in [6.45, 7) is 0.311. The third-order valence-corrected chi connectivity index (χ3v) is 1.81. The predicted molar refractivity (Wildman–Crippen MR) is 52.2 cm³/mol. The van der Waals surface area contributed by atoms with Gasteiger partial charge in [0.1, 0.15) is 6.67 Å². The zero-order valence-electron chi connectivity index (χ0n) is 8.33. The SMILES string of the molecule is CC(=O)OCC(=O)c1cccc(CF)c1. The van der Waals surface area contributed by atoms with Crippen molar-refractivity contribution in [3.8, 4) is 0 Å². The molecule has 1 aromatic rings. The van der Waals surface area contributed by atoms with Crippen molar-refractivity contribution in [1.29, 1.82) is 0 Å². The van der Waals surface area contributed by atoms with Gasteiger partial charge >= 0.3 is 5.97 Å². The van der Waals surface area contributed by atoms with E-state index < -0.39 is 12.6 Å². The summed E-state index contributed by atoms with van der Waals surface area (Å²) in [6.07, 6.45) is 0. The Kier molecular flexibility index (Phi) is 3.97. The molecule has 0 aliphatic carbocycles. The number of Topliss-reactive ketones (excluding diaryl/α,β-unsaturated/α-hetero) is 1. The minimum atomic E-state index is -0.616. The van der Waals surface area contributed by atoms with E-state index >= 15 is 0 Å². The maximum atomic E-state index is 12.3. The molecule has 80 valence electrons. The van der Waals surface area contributed by atoms with Crippen molar-refractivity contribution in [3.05, 3.63) is 35.4 Å². The second kappa shape index (κ2) is 5.24. The van der Waals surface area contributed by atoms with Crippen LogP contribution in [0.5, 0.6) is 0 Å². The number of ether oxygens (including phenoxy) is 1. The van der Waals surface area contributed by atoms with Gasteiger partial charge in [-0.25, -0.2) is 4.39 Å². The van der Waals surface area contributed by atoms with Gasteiger partial charge in [0.15, 0.2) is 12.4 Å². The molecule has 1 rings (SSSR count). The number of hydrogen-bond acceptors (Lipinski definition) is 3. The second-order valence-corrected chi connectivity index (χ2v) is 3.04. The largest absolute Gasteiger partial charge is 0.457 e. The Morgan fingerprint density at radius 2 is 2.13 bits per heavy atom. The van der Waals surface area contributed by atoms with Gasteiger partial charge in [0.2, 0.25) is 0 Å². The van der Waals surface area contributed by atoms with Crippen LogP contribution in [0.3, 0.4) is 0 Å². The summed E-state index contributed by atoms with van der Waals surface area (Å²) in [5.41, 5.74) is 0.787. The highest BCUT2D eigenvalue weighted by Crippen LogP contribution is 2.07. The number of halogens is 1. The monoisotopic (exact) mass is 210 g/mol. The van der Waals surface area contributed by atoms with E-state index in [0.717, 1.165) is 0 Å². The van der Waals surface area contributed by atoms with Crippen molar-refractivity contribution in [2.45, 2.75) is 13.6 Å². The smallest absolute Gasteiger partial charge is 0.303 e. The number of ketones is 1. The molecule has 0 atom stereocenters. The van der Waals surface area contributed by atoms with Crippen LogP contribution in [0.2, 0.25) is 0 Å². The normalized spacial score (nSPS) is 9.73. The topological polar surface area (TPSA) is 43.4 Å². The fourth-order valence-corrected chi connectivity index (χ4v) is 1.08. The molecule has 0 aliphatic rings. The Hall–Kier alpha value is -1.71. The molecule has 0 bridgehead atoms. The molecular formula is C11H11FO3. The van der Waals surface area contributed by atoms with Crippen molar-refractivity contribution in [2.75, 3.05) is 6.61 Å². The van der Waals surface area contributed by atoms with Gasteiger partial charge in [-0.3, -0.25) is 9.59 Å². The molecule has 0 saturated carbocycles. The number of alkyl halides is 1. The maximum Gasteiger partial charge on any atom is 0.303 e. The molecule has 0 heterocycles. The summed E-state index contributed by atoms with van der Waals surface area (Å²) in [6, 6.07) is 6.19. The zero-order chi connectivity index (χ0) is 11.3. The second-order valence-electron chi connectivity index (χ2n) is 3.04. The first-order valence-corrected chi connectivity index (χ1v) is 4.45. The summed E-state index contributed by atoms with van der Waals surface area (Å²) in [4.78, 5) is 21.9. The first-order valence-electron chi connectivity index (χ1n) is 4.45. The zero-order valence-corrected chi connectivity index (χ0v) is 8.33. The lowest BCUT2D eigenvalue weighted by molar-refractivity contribution is -0.139. The van der Waals surface area contributed by atoms with Crippen LogP contribution in [0.25, 0.3) is 0 Å². The first kappa shape index (κ1) is 11.4. The van der Waals surface area contributed by atoms with Crippen LogP contribution in [0.4, 0.5) is 4.39 Å². The highest BCUT2D eigenvalue weighted by atomic mass is 19.1. The summed E-state index contributed by atoms with van der Waals surface area (Å²) in [7, 11) is 0. The van der Waals surface area contributed by atoms with Crippen molar-refractivity contribution in [3.63, 3.8) is 0 Å². The van der Waals surface area contributed by atoms with E-state index in [0.29, 0.717) is 11.1 Å².